The Morgan fingerprint density at radius 2 is 2.21 bits per heavy atom. The van der Waals surface area contributed by atoms with Crippen LogP contribution in [0.3, 0.4) is 0 Å². The van der Waals surface area contributed by atoms with Crippen molar-refractivity contribution in [2.45, 2.75) is 31.8 Å². The number of carbonyl (C=O) groups is 1. The van der Waals surface area contributed by atoms with Crippen LogP contribution in [0, 0.1) is 6.92 Å². The average Bonchev–Trinajstić information content (AvgIpc) is 2.68. The second kappa shape index (κ2) is 6.18. The summed E-state index contributed by atoms with van der Waals surface area (Å²) in [6.07, 6.45) is -0.136. The van der Waals surface area contributed by atoms with Crippen LogP contribution in [0.4, 0.5) is 0 Å². The maximum absolute atomic E-state index is 11.7. The van der Waals surface area contributed by atoms with Gasteiger partial charge in [-0.3, -0.25) is 4.79 Å². The van der Waals surface area contributed by atoms with E-state index in [1.54, 1.807) is 0 Å². The average molecular weight is 290 g/mol. The van der Waals surface area contributed by atoms with Gasteiger partial charge in [0.15, 0.2) is 5.76 Å². The molecule has 108 valence electrons. The molecule has 1 unspecified atom stereocenters. The molecule has 0 aromatic carbocycles. The SMILES string of the molecule is CCOC(C)CNC(=O)c1cc(S(N)(=O)=O)c(C)o1. The highest BCUT2D eigenvalue weighted by molar-refractivity contribution is 7.89. The number of amides is 1. The van der Waals surface area contributed by atoms with Crippen molar-refractivity contribution in [3.8, 4) is 0 Å². The molecule has 0 fully saturated rings. The summed E-state index contributed by atoms with van der Waals surface area (Å²) < 4.78 is 32.7. The van der Waals surface area contributed by atoms with Crippen molar-refractivity contribution < 1.29 is 22.4 Å². The molecule has 7 nitrogen and oxygen atoms in total. The molecule has 0 saturated heterocycles. The summed E-state index contributed by atoms with van der Waals surface area (Å²) in [5, 5.41) is 7.58. The van der Waals surface area contributed by atoms with Crippen molar-refractivity contribution in [3.63, 3.8) is 0 Å². The Morgan fingerprint density at radius 3 is 2.68 bits per heavy atom. The van der Waals surface area contributed by atoms with E-state index in [2.05, 4.69) is 5.32 Å². The van der Waals surface area contributed by atoms with Gasteiger partial charge in [-0.25, -0.2) is 13.6 Å². The summed E-state index contributed by atoms with van der Waals surface area (Å²) >= 11 is 0. The molecule has 0 bridgehead atoms. The Balaban J connectivity index is 2.74. The van der Waals surface area contributed by atoms with Crippen LogP contribution in [0.1, 0.15) is 30.2 Å². The molecule has 0 aliphatic heterocycles. The minimum atomic E-state index is -3.88. The minimum Gasteiger partial charge on any atom is -0.455 e. The molecule has 0 radical (unpaired) electrons. The number of furan rings is 1. The predicted molar refractivity (Wildman–Crippen MR) is 68.2 cm³/mol. The van der Waals surface area contributed by atoms with Crippen LogP contribution in [0.25, 0.3) is 0 Å². The molecular formula is C11H18N2O5S. The monoisotopic (exact) mass is 290 g/mol. The summed E-state index contributed by atoms with van der Waals surface area (Å²) in [4.78, 5) is 11.6. The number of rotatable bonds is 6. The highest BCUT2D eigenvalue weighted by Crippen LogP contribution is 2.18. The van der Waals surface area contributed by atoms with E-state index in [0.717, 1.165) is 6.07 Å². The highest BCUT2D eigenvalue weighted by Gasteiger charge is 2.21. The van der Waals surface area contributed by atoms with Crippen molar-refractivity contribution in [3.05, 3.63) is 17.6 Å². The summed E-state index contributed by atoms with van der Waals surface area (Å²) in [6.45, 7) is 5.95. The molecule has 1 heterocycles. The van der Waals surface area contributed by atoms with E-state index in [4.69, 9.17) is 14.3 Å². The molecule has 1 atom stereocenters. The summed E-state index contributed by atoms with van der Waals surface area (Å²) in [5.74, 6) is -0.514. The number of nitrogens with one attached hydrogen (secondary N) is 1. The van der Waals surface area contributed by atoms with Gasteiger partial charge >= 0.3 is 0 Å². The Hall–Kier alpha value is -1.38. The number of nitrogens with two attached hydrogens (primary N) is 1. The van der Waals surface area contributed by atoms with Gasteiger partial charge in [0.2, 0.25) is 10.0 Å². The van der Waals surface area contributed by atoms with Crippen LogP contribution in [0.5, 0.6) is 0 Å². The van der Waals surface area contributed by atoms with Crippen molar-refractivity contribution in [2.75, 3.05) is 13.2 Å². The van der Waals surface area contributed by atoms with Crippen molar-refractivity contribution in [2.24, 2.45) is 5.14 Å². The number of primary sulfonamides is 1. The maximum atomic E-state index is 11.7. The third-order valence-electron chi connectivity index (χ3n) is 2.40. The zero-order valence-corrected chi connectivity index (χ0v) is 11.9. The number of hydrogen-bond acceptors (Lipinski definition) is 5. The van der Waals surface area contributed by atoms with E-state index in [9.17, 15) is 13.2 Å². The van der Waals surface area contributed by atoms with Gasteiger partial charge in [0.05, 0.1) is 6.10 Å². The predicted octanol–water partition coefficient (Wildman–Crippen LogP) is 0.390. The molecule has 8 heteroatoms. The topological polar surface area (TPSA) is 112 Å². The van der Waals surface area contributed by atoms with Crippen molar-refractivity contribution >= 4 is 15.9 Å². The van der Waals surface area contributed by atoms with Crippen LogP contribution in [-0.4, -0.2) is 33.6 Å². The summed E-state index contributed by atoms with van der Waals surface area (Å²) in [6, 6.07) is 1.12. The molecule has 1 rings (SSSR count). The van der Waals surface area contributed by atoms with E-state index in [1.165, 1.54) is 6.92 Å². The fourth-order valence-electron chi connectivity index (χ4n) is 1.53. The Bertz CT molecular complexity index is 549. The molecule has 1 aromatic rings. The molecule has 0 aliphatic carbocycles. The quantitative estimate of drug-likeness (QED) is 0.787. The van der Waals surface area contributed by atoms with Gasteiger partial charge in [-0.1, -0.05) is 0 Å². The van der Waals surface area contributed by atoms with Crippen molar-refractivity contribution in [1.29, 1.82) is 0 Å². The van der Waals surface area contributed by atoms with Gasteiger partial charge < -0.3 is 14.5 Å². The molecule has 1 amide bonds. The van der Waals surface area contributed by atoms with Gasteiger partial charge in [0.1, 0.15) is 10.7 Å². The van der Waals surface area contributed by atoms with Crippen LogP contribution < -0.4 is 10.5 Å². The molecule has 19 heavy (non-hydrogen) atoms. The van der Waals surface area contributed by atoms with E-state index in [0.29, 0.717) is 13.2 Å². The lowest BCUT2D eigenvalue weighted by Crippen LogP contribution is -2.31. The standard InChI is InChI=1S/C11H18N2O5S/c1-4-17-7(2)6-13-11(14)9-5-10(8(3)18-9)19(12,15)16/h5,7H,4,6H2,1-3H3,(H,13,14)(H2,12,15,16). The van der Waals surface area contributed by atoms with E-state index in [1.807, 2.05) is 13.8 Å². The van der Waals surface area contributed by atoms with E-state index in [-0.39, 0.29) is 22.5 Å². The van der Waals surface area contributed by atoms with Gasteiger partial charge in [-0.15, -0.1) is 0 Å². The third-order valence-corrected chi connectivity index (χ3v) is 3.42. The zero-order chi connectivity index (χ0) is 14.6. The first kappa shape index (κ1) is 15.7. The first-order valence-electron chi connectivity index (χ1n) is 5.78. The van der Waals surface area contributed by atoms with Crippen LogP contribution in [0.15, 0.2) is 15.4 Å². The van der Waals surface area contributed by atoms with Gasteiger partial charge in [0.25, 0.3) is 5.91 Å². The Morgan fingerprint density at radius 1 is 1.58 bits per heavy atom. The van der Waals surface area contributed by atoms with Gasteiger partial charge in [0, 0.05) is 19.2 Å². The number of hydrogen-bond donors (Lipinski definition) is 2. The van der Waals surface area contributed by atoms with Crippen LogP contribution >= 0.6 is 0 Å². The molecular weight excluding hydrogens is 272 g/mol. The fourth-order valence-corrected chi connectivity index (χ4v) is 2.24. The fraction of sp³-hybridized carbons (Fsp3) is 0.545. The van der Waals surface area contributed by atoms with Gasteiger partial charge in [-0.05, 0) is 20.8 Å². The molecule has 3 N–H and O–H groups in total. The first-order chi connectivity index (χ1) is 8.75. The third kappa shape index (κ3) is 4.34. The molecule has 1 aromatic heterocycles. The Kier molecular flexibility index (Phi) is 5.10. The number of aryl methyl sites for hydroxylation is 1. The maximum Gasteiger partial charge on any atom is 0.287 e. The smallest absolute Gasteiger partial charge is 0.287 e. The Labute approximate surface area is 112 Å². The largest absolute Gasteiger partial charge is 0.455 e. The highest BCUT2D eigenvalue weighted by atomic mass is 32.2. The van der Waals surface area contributed by atoms with Crippen LogP contribution in [-0.2, 0) is 14.8 Å². The zero-order valence-electron chi connectivity index (χ0n) is 11.1. The molecule has 0 aliphatic rings. The summed E-state index contributed by atoms with van der Waals surface area (Å²) in [5.41, 5.74) is 0. The number of sulfonamides is 1. The molecule has 0 saturated carbocycles. The van der Waals surface area contributed by atoms with E-state index < -0.39 is 15.9 Å². The van der Waals surface area contributed by atoms with E-state index >= 15 is 0 Å². The first-order valence-corrected chi connectivity index (χ1v) is 7.33. The second-order valence-corrected chi connectivity index (χ2v) is 5.58. The molecule has 0 spiro atoms. The number of ether oxygens (including phenoxy) is 1. The second-order valence-electron chi connectivity index (χ2n) is 4.05. The van der Waals surface area contributed by atoms with Crippen molar-refractivity contribution in [1.82, 2.24) is 5.32 Å². The number of carbonyl (C=O) groups excluding carboxylic acids is 1. The summed E-state index contributed by atoms with van der Waals surface area (Å²) in [7, 11) is -3.88. The van der Waals surface area contributed by atoms with Gasteiger partial charge in [-0.2, -0.15) is 0 Å². The lowest BCUT2D eigenvalue weighted by atomic mass is 10.3. The lowest BCUT2D eigenvalue weighted by molar-refractivity contribution is 0.0684. The minimum absolute atomic E-state index is 0.0884. The van der Waals surface area contributed by atoms with Crippen LogP contribution in [0.2, 0.25) is 0 Å². The lowest BCUT2D eigenvalue weighted by Gasteiger charge is -2.11. The normalized spacial score (nSPS) is 13.3.